The van der Waals surface area contributed by atoms with Crippen LogP contribution in [0.4, 0.5) is 0 Å². The number of carboxylic acid groups (broad SMARTS) is 1. The van der Waals surface area contributed by atoms with Gasteiger partial charge >= 0.3 is 5.97 Å². The van der Waals surface area contributed by atoms with E-state index in [2.05, 4.69) is 26.1 Å². The molecule has 0 unspecified atom stereocenters. The number of aliphatic carboxylic acids is 1. The predicted octanol–water partition coefficient (Wildman–Crippen LogP) is 3.56. The summed E-state index contributed by atoms with van der Waals surface area (Å²) in [6.45, 7) is 2.61. The highest BCUT2D eigenvalue weighted by atomic mass is 79.9. The summed E-state index contributed by atoms with van der Waals surface area (Å²) >= 11 is 10.5. The lowest BCUT2D eigenvalue weighted by molar-refractivity contribution is -0.133. The number of halogens is 2. The molecular formula is C12H11BrClN3O2S. The molecule has 5 nitrogen and oxygen atoms in total. The first-order valence-corrected chi connectivity index (χ1v) is 7.91. The fourth-order valence-electron chi connectivity index (χ4n) is 1.68. The van der Waals surface area contributed by atoms with Gasteiger partial charge < -0.3 is 9.67 Å². The number of hydrogen-bond donors (Lipinski definition) is 1. The second kappa shape index (κ2) is 6.60. The standard InChI is InChI=1S/C12H11BrClN3O2S/c1-2-17-11(8-4-3-7(14)5-9(8)13)15-16-12(17)20-6-10(18)19/h3-5H,2,6H2,1H3,(H,18,19). The molecule has 0 atom stereocenters. The van der Waals surface area contributed by atoms with Crippen molar-refractivity contribution in [3.63, 3.8) is 0 Å². The summed E-state index contributed by atoms with van der Waals surface area (Å²) in [5.41, 5.74) is 0.867. The second-order valence-corrected chi connectivity index (χ2v) is 6.09. The Morgan fingerprint density at radius 3 is 2.85 bits per heavy atom. The van der Waals surface area contributed by atoms with Crippen LogP contribution in [0.5, 0.6) is 0 Å². The van der Waals surface area contributed by atoms with E-state index < -0.39 is 5.97 Å². The smallest absolute Gasteiger partial charge is 0.313 e. The molecule has 0 aliphatic heterocycles. The molecule has 1 heterocycles. The molecule has 20 heavy (non-hydrogen) atoms. The molecule has 1 aromatic heterocycles. The summed E-state index contributed by atoms with van der Waals surface area (Å²) in [7, 11) is 0. The van der Waals surface area contributed by atoms with Gasteiger partial charge in [0, 0.05) is 21.6 Å². The molecule has 8 heteroatoms. The average Bonchev–Trinajstić information content (AvgIpc) is 2.79. The van der Waals surface area contributed by atoms with E-state index in [1.165, 1.54) is 0 Å². The average molecular weight is 377 g/mol. The molecule has 0 amide bonds. The molecular weight excluding hydrogens is 366 g/mol. The SMILES string of the molecule is CCn1c(SCC(=O)O)nnc1-c1ccc(Cl)cc1Br. The summed E-state index contributed by atoms with van der Waals surface area (Å²) in [5, 5.41) is 18.2. The molecule has 0 saturated carbocycles. The highest BCUT2D eigenvalue weighted by Crippen LogP contribution is 2.31. The molecule has 106 valence electrons. The lowest BCUT2D eigenvalue weighted by atomic mass is 10.2. The number of benzene rings is 1. The van der Waals surface area contributed by atoms with Crippen molar-refractivity contribution >= 4 is 45.3 Å². The van der Waals surface area contributed by atoms with E-state index in [-0.39, 0.29) is 5.75 Å². The molecule has 1 N–H and O–H groups in total. The lowest BCUT2D eigenvalue weighted by Crippen LogP contribution is -2.03. The van der Waals surface area contributed by atoms with Gasteiger partial charge in [-0.25, -0.2) is 0 Å². The van der Waals surface area contributed by atoms with E-state index in [0.29, 0.717) is 22.5 Å². The van der Waals surface area contributed by atoms with Crippen LogP contribution in [0.25, 0.3) is 11.4 Å². The maximum Gasteiger partial charge on any atom is 0.313 e. The normalized spacial score (nSPS) is 10.8. The largest absolute Gasteiger partial charge is 0.481 e. The topological polar surface area (TPSA) is 68.0 Å². The van der Waals surface area contributed by atoms with Crippen molar-refractivity contribution in [2.75, 3.05) is 5.75 Å². The predicted molar refractivity (Wildman–Crippen MR) is 82.2 cm³/mol. The minimum atomic E-state index is -0.880. The molecule has 1 aromatic carbocycles. The van der Waals surface area contributed by atoms with Crippen molar-refractivity contribution in [3.8, 4) is 11.4 Å². The lowest BCUT2D eigenvalue weighted by Gasteiger charge is -2.08. The second-order valence-electron chi connectivity index (χ2n) is 3.86. The van der Waals surface area contributed by atoms with Gasteiger partial charge in [0.2, 0.25) is 0 Å². The van der Waals surface area contributed by atoms with Crippen molar-refractivity contribution in [3.05, 3.63) is 27.7 Å². The number of aromatic nitrogens is 3. The summed E-state index contributed by atoms with van der Waals surface area (Å²) in [6.07, 6.45) is 0. The fraction of sp³-hybridized carbons (Fsp3) is 0.250. The maximum absolute atomic E-state index is 10.6. The van der Waals surface area contributed by atoms with Gasteiger partial charge in [0.05, 0.1) is 5.75 Å². The summed E-state index contributed by atoms with van der Waals surface area (Å²) in [4.78, 5) is 10.6. The van der Waals surface area contributed by atoms with Gasteiger partial charge in [0.1, 0.15) is 0 Å². The van der Waals surface area contributed by atoms with Crippen LogP contribution in [0.15, 0.2) is 27.8 Å². The first kappa shape index (κ1) is 15.3. The van der Waals surface area contributed by atoms with E-state index in [1.54, 1.807) is 12.1 Å². The fourth-order valence-corrected chi connectivity index (χ4v) is 3.26. The first-order valence-electron chi connectivity index (χ1n) is 5.76. The van der Waals surface area contributed by atoms with E-state index in [9.17, 15) is 4.79 Å². The Bertz CT molecular complexity index is 648. The third-order valence-corrected chi connectivity index (χ3v) is 4.37. The van der Waals surface area contributed by atoms with Crippen molar-refractivity contribution < 1.29 is 9.90 Å². The monoisotopic (exact) mass is 375 g/mol. The van der Waals surface area contributed by atoms with Crippen LogP contribution < -0.4 is 0 Å². The Hall–Kier alpha value is -1.05. The zero-order chi connectivity index (χ0) is 14.7. The minimum Gasteiger partial charge on any atom is -0.481 e. The number of rotatable bonds is 5. The summed E-state index contributed by atoms with van der Waals surface area (Å²) < 4.78 is 2.70. The van der Waals surface area contributed by atoms with Crippen LogP contribution in [0, 0.1) is 0 Å². The number of hydrogen-bond acceptors (Lipinski definition) is 4. The van der Waals surface area contributed by atoms with Crippen LogP contribution in [0.2, 0.25) is 5.02 Å². The molecule has 0 saturated heterocycles. The van der Waals surface area contributed by atoms with Gasteiger partial charge in [-0.2, -0.15) is 0 Å². The molecule has 0 aliphatic carbocycles. The van der Waals surface area contributed by atoms with E-state index in [0.717, 1.165) is 21.8 Å². The first-order chi connectivity index (χ1) is 9.52. The zero-order valence-corrected chi connectivity index (χ0v) is 13.7. The zero-order valence-electron chi connectivity index (χ0n) is 10.5. The van der Waals surface area contributed by atoms with E-state index in [4.69, 9.17) is 16.7 Å². The summed E-state index contributed by atoms with van der Waals surface area (Å²) in [6, 6.07) is 5.42. The highest BCUT2D eigenvalue weighted by molar-refractivity contribution is 9.10. The molecule has 0 radical (unpaired) electrons. The van der Waals surface area contributed by atoms with E-state index >= 15 is 0 Å². The van der Waals surface area contributed by atoms with Gasteiger partial charge in [-0.1, -0.05) is 23.4 Å². The molecule has 0 aliphatic rings. The van der Waals surface area contributed by atoms with Crippen molar-refractivity contribution in [2.45, 2.75) is 18.6 Å². The Morgan fingerprint density at radius 2 is 2.25 bits per heavy atom. The van der Waals surface area contributed by atoms with Crippen molar-refractivity contribution in [1.82, 2.24) is 14.8 Å². The Morgan fingerprint density at radius 1 is 1.50 bits per heavy atom. The van der Waals surface area contributed by atoms with Gasteiger partial charge in [-0.05, 0) is 41.1 Å². The number of nitrogens with zero attached hydrogens (tertiary/aromatic N) is 3. The summed E-state index contributed by atoms with van der Waals surface area (Å²) in [5.74, 6) is -0.237. The third-order valence-electron chi connectivity index (χ3n) is 2.53. The van der Waals surface area contributed by atoms with Crippen molar-refractivity contribution in [1.29, 1.82) is 0 Å². The molecule has 0 bridgehead atoms. The number of thioether (sulfide) groups is 1. The Kier molecular flexibility index (Phi) is 5.06. The molecule has 2 rings (SSSR count). The van der Waals surface area contributed by atoms with Gasteiger partial charge in [0.25, 0.3) is 0 Å². The van der Waals surface area contributed by atoms with Gasteiger partial charge in [0.15, 0.2) is 11.0 Å². The van der Waals surface area contributed by atoms with Crippen LogP contribution in [-0.4, -0.2) is 31.6 Å². The maximum atomic E-state index is 10.6. The third kappa shape index (κ3) is 3.34. The highest BCUT2D eigenvalue weighted by Gasteiger charge is 2.16. The molecule has 0 spiro atoms. The molecule has 2 aromatic rings. The van der Waals surface area contributed by atoms with Gasteiger partial charge in [-0.3, -0.25) is 4.79 Å². The quantitative estimate of drug-likeness (QED) is 0.808. The van der Waals surface area contributed by atoms with Crippen LogP contribution >= 0.6 is 39.3 Å². The number of carbonyl (C=O) groups is 1. The van der Waals surface area contributed by atoms with Crippen LogP contribution in [0.1, 0.15) is 6.92 Å². The van der Waals surface area contributed by atoms with Crippen LogP contribution in [-0.2, 0) is 11.3 Å². The van der Waals surface area contributed by atoms with Crippen molar-refractivity contribution in [2.24, 2.45) is 0 Å². The Labute approximate surface area is 133 Å². The Balaban J connectivity index is 2.39. The van der Waals surface area contributed by atoms with Crippen LogP contribution in [0.3, 0.4) is 0 Å². The minimum absolute atomic E-state index is 0.0417. The van der Waals surface area contributed by atoms with Gasteiger partial charge in [-0.15, -0.1) is 10.2 Å². The van der Waals surface area contributed by atoms with E-state index in [1.807, 2.05) is 17.6 Å². The number of carboxylic acids is 1. The molecule has 0 fully saturated rings.